The Morgan fingerprint density at radius 2 is 1.82 bits per heavy atom. The fourth-order valence-electron chi connectivity index (χ4n) is 0.672. The van der Waals surface area contributed by atoms with Crippen LogP contribution < -0.4 is 0 Å². The Morgan fingerprint density at radius 3 is 2.27 bits per heavy atom. The molecule has 1 aromatic carbocycles. The van der Waals surface area contributed by atoms with E-state index in [1.807, 2.05) is 24.3 Å². The molecule has 1 aromatic rings. The van der Waals surface area contributed by atoms with Crippen molar-refractivity contribution >= 4 is 44.2 Å². The monoisotopic (exact) mass is 250 g/mol. The lowest BCUT2D eigenvalue weighted by atomic mass is 10.2. The van der Waals surface area contributed by atoms with Crippen LogP contribution >= 0.6 is 39.1 Å². The Balaban J connectivity index is 2.99. The van der Waals surface area contributed by atoms with Crippen LogP contribution in [0.25, 0.3) is 5.03 Å². The summed E-state index contributed by atoms with van der Waals surface area (Å²) in [5, 5.41) is 0.555. The van der Waals surface area contributed by atoms with E-state index in [0.29, 0.717) is 5.03 Å². The molecule has 0 heterocycles. The van der Waals surface area contributed by atoms with Gasteiger partial charge in [0.15, 0.2) is 0 Å². The van der Waals surface area contributed by atoms with Gasteiger partial charge in [-0.3, -0.25) is 0 Å². The third-order valence-corrected chi connectivity index (χ3v) is 2.40. The Hall–Kier alpha value is 0.0200. The topological polar surface area (TPSA) is 0 Å². The molecule has 0 atom stereocenters. The largest absolute Gasteiger partial charge is 0.0913 e. The van der Waals surface area contributed by atoms with E-state index in [1.54, 1.807) is 0 Å². The molecule has 0 saturated heterocycles. The van der Waals surface area contributed by atoms with E-state index in [1.165, 1.54) is 5.54 Å². The fraction of sp³-hybridized carbons (Fsp3) is 0. The van der Waals surface area contributed by atoms with E-state index >= 15 is 0 Å². The van der Waals surface area contributed by atoms with Gasteiger partial charge in [-0.25, -0.2) is 0 Å². The van der Waals surface area contributed by atoms with Crippen LogP contribution in [0.1, 0.15) is 5.56 Å². The van der Waals surface area contributed by atoms with Crippen molar-refractivity contribution in [3.05, 3.63) is 39.8 Å². The van der Waals surface area contributed by atoms with E-state index in [-0.39, 0.29) is 0 Å². The normalized spacial score (nSPS) is 11.7. The van der Waals surface area contributed by atoms with Gasteiger partial charge in [-0.15, -0.1) is 0 Å². The zero-order valence-electron chi connectivity index (χ0n) is 5.52. The van der Waals surface area contributed by atoms with E-state index in [9.17, 15) is 0 Å². The van der Waals surface area contributed by atoms with Gasteiger partial charge in [-0.2, -0.15) is 0 Å². The van der Waals surface area contributed by atoms with E-state index in [4.69, 9.17) is 23.2 Å². The minimum atomic E-state index is 0.555. The van der Waals surface area contributed by atoms with E-state index in [2.05, 4.69) is 15.9 Å². The maximum absolute atomic E-state index is 5.76. The van der Waals surface area contributed by atoms with Crippen molar-refractivity contribution < 1.29 is 0 Å². The molecule has 0 radical (unpaired) electrons. The molecule has 3 heteroatoms. The minimum Gasteiger partial charge on any atom is -0.0913 e. The van der Waals surface area contributed by atoms with Gasteiger partial charge >= 0.3 is 0 Å². The minimum absolute atomic E-state index is 0.555. The molecular weight excluding hydrogens is 247 g/mol. The van der Waals surface area contributed by atoms with Gasteiger partial charge in [-0.1, -0.05) is 51.3 Å². The first-order chi connectivity index (χ1) is 5.24. The molecule has 0 aromatic heterocycles. The zero-order valence-corrected chi connectivity index (χ0v) is 8.62. The molecule has 0 aliphatic carbocycles. The van der Waals surface area contributed by atoms with Crippen molar-refractivity contribution in [2.24, 2.45) is 0 Å². The van der Waals surface area contributed by atoms with E-state index < -0.39 is 0 Å². The third kappa shape index (κ3) is 2.51. The van der Waals surface area contributed by atoms with Crippen molar-refractivity contribution in [1.82, 2.24) is 0 Å². The third-order valence-electron chi connectivity index (χ3n) is 1.22. The molecule has 0 amide bonds. The van der Waals surface area contributed by atoms with Crippen molar-refractivity contribution in [2.75, 3.05) is 0 Å². The van der Waals surface area contributed by atoms with Gasteiger partial charge in [-0.05, 0) is 17.7 Å². The average Bonchev–Trinajstić information content (AvgIpc) is 2.05. The van der Waals surface area contributed by atoms with Gasteiger partial charge in [0, 0.05) is 10.0 Å². The Labute approximate surface area is 83.9 Å². The first-order valence-electron chi connectivity index (χ1n) is 2.96. The maximum Gasteiger partial charge on any atom is 0.0591 e. The summed E-state index contributed by atoms with van der Waals surface area (Å²) in [7, 11) is 0. The summed E-state index contributed by atoms with van der Waals surface area (Å²) < 4.78 is 1.03. The van der Waals surface area contributed by atoms with Crippen LogP contribution in [0.4, 0.5) is 0 Å². The first-order valence-corrected chi connectivity index (χ1v) is 4.56. The summed E-state index contributed by atoms with van der Waals surface area (Å²) in [5.41, 5.74) is 2.27. The van der Waals surface area contributed by atoms with Crippen LogP contribution in [0.3, 0.4) is 0 Å². The highest BCUT2D eigenvalue weighted by atomic mass is 79.9. The van der Waals surface area contributed by atoms with Crippen molar-refractivity contribution in [3.63, 3.8) is 0 Å². The zero-order chi connectivity index (χ0) is 8.27. The summed E-state index contributed by atoms with van der Waals surface area (Å²) >= 11 is 14.5. The van der Waals surface area contributed by atoms with Crippen LogP contribution in [-0.2, 0) is 0 Å². The predicted molar refractivity (Wildman–Crippen MR) is 53.8 cm³/mol. The second-order valence-corrected chi connectivity index (χ2v) is 3.51. The molecule has 0 fully saturated rings. The van der Waals surface area contributed by atoms with Gasteiger partial charge in [0.25, 0.3) is 0 Å². The van der Waals surface area contributed by atoms with Crippen LogP contribution in [0.15, 0.2) is 34.3 Å². The summed E-state index contributed by atoms with van der Waals surface area (Å²) in [4.78, 5) is 0. The summed E-state index contributed by atoms with van der Waals surface area (Å²) in [6.45, 7) is 0. The van der Waals surface area contributed by atoms with Crippen LogP contribution in [-0.4, -0.2) is 0 Å². The Bertz CT molecular complexity index is 264. The lowest BCUT2D eigenvalue weighted by Gasteiger charge is -1.96. The number of halogens is 3. The van der Waals surface area contributed by atoms with Crippen molar-refractivity contribution in [3.8, 4) is 0 Å². The molecule has 0 unspecified atom stereocenters. The molecular formula is C8H5BrCl2. The van der Waals surface area contributed by atoms with E-state index in [0.717, 1.165) is 10.0 Å². The van der Waals surface area contributed by atoms with Crippen molar-refractivity contribution in [2.45, 2.75) is 0 Å². The highest BCUT2D eigenvalue weighted by Gasteiger charge is 1.95. The second kappa shape index (κ2) is 4.15. The van der Waals surface area contributed by atoms with Gasteiger partial charge in [0.05, 0.1) is 5.03 Å². The maximum atomic E-state index is 5.76. The molecule has 0 nitrogen and oxygen atoms in total. The first kappa shape index (κ1) is 9.11. The molecule has 58 valence electrons. The molecule has 0 aliphatic heterocycles. The molecule has 11 heavy (non-hydrogen) atoms. The number of hydrogen-bond acceptors (Lipinski definition) is 0. The SMILES string of the molecule is ClC=C(Cl)c1ccc(Br)cc1. The highest BCUT2D eigenvalue weighted by molar-refractivity contribution is 9.10. The quantitative estimate of drug-likeness (QED) is 0.701. The number of benzene rings is 1. The summed E-state index contributed by atoms with van der Waals surface area (Å²) in [5.74, 6) is 0. The lowest BCUT2D eigenvalue weighted by Crippen LogP contribution is -1.73. The lowest BCUT2D eigenvalue weighted by molar-refractivity contribution is 1.61. The molecule has 0 aliphatic rings. The van der Waals surface area contributed by atoms with Crippen LogP contribution in [0.5, 0.6) is 0 Å². The number of rotatable bonds is 1. The van der Waals surface area contributed by atoms with Gasteiger partial charge < -0.3 is 0 Å². The molecule has 0 bridgehead atoms. The number of hydrogen-bond donors (Lipinski definition) is 0. The predicted octanol–water partition coefficient (Wildman–Crippen LogP) is 4.23. The highest BCUT2D eigenvalue weighted by Crippen LogP contribution is 2.21. The fourth-order valence-corrected chi connectivity index (χ4v) is 1.19. The molecule has 0 N–H and O–H groups in total. The van der Waals surface area contributed by atoms with Gasteiger partial charge in [0.2, 0.25) is 0 Å². The van der Waals surface area contributed by atoms with Crippen molar-refractivity contribution in [1.29, 1.82) is 0 Å². The molecule has 0 saturated carbocycles. The Morgan fingerprint density at radius 1 is 1.27 bits per heavy atom. The molecule has 1 rings (SSSR count). The second-order valence-electron chi connectivity index (χ2n) is 1.96. The molecule has 0 spiro atoms. The van der Waals surface area contributed by atoms with Gasteiger partial charge in [0.1, 0.15) is 0 Å². The summed E-state index contributed by atoms with van der Waals surface area (Å²) in [6, 6.07) is 7.62. The smallest absolute Gasteiger partial charge is 0.0591 e. The summed E-state index contributed by atoms with van der Waals surface area (Å²) in [6.07, 6.45) is 0. The Kier molecular flexibility index (Phi) is 3.44. The van der Waals surface area contributed by atoms with Crippen LogP contribution in [0, 0.1) is 0 Å². The standard InChI is InChI=1S/C8H5BrCl2/c9-7-3-1-6(2-4-7)8(11)5-10/h1-5H. The average molecular weight is 252 g/mol. The van der Waals surface area contributed by atoms with Crippen LogP contribution in [0.2, 0.25) is 0 Å².